The van der Waals surface area contributed by atoms with Gasteiger partial charge in [-0.2, -0.15) is 0 Å². The van der Waals surface area contributed by atoms with E-state index in [1.807, 2.05) is 48.7 Å². The number of nitrogens with zero attached hydrogens (tertiary/aromatic N) is 1. The number of hydrogen-bond acceptors (Lipinski definition) is 7. The fourth-order valence-corrected chi connectivity index (χ4v) is 4.85. The molecule has 0 bridgehead atoms. The van der Waals surface area contributed by atoms with Crippen LogP contribution in [-0.2, 0) is 32.2 Å². The number of carbonyl (C=O) groups excluding carboxylic acids is 1. The lowest BCUT2D eigenvalue weighted by molar-refractivity contribution is -0.196. The molecule has 0 spiro atoms. The molecule has 5 atom stereocenters. The number of benzene rings is 2. The molecule has 1 aliphatic heterocycles. The number of nitrogens with two attached hydrogens (primary N) is 2. The highest BCUT2D eigenvalue weighted by atomic mass is 35.5. The van der Waals surface area contributed by atoms with Crippen molar-refractivity contribution in [2.45, 2.75) is 55.8 Å². The van der Waals surface area contributed by atoms with Crippen molar-refractivity contribution in [1.82, 2.24) is 5.32 Å². The summed E-state index contributed by atoms with van der Waals surface area (Å²) in [5.74, 6) is -0.207. The zero-order valence-electron chi connectivity index (χ0n) is 20.8. The second-order valence-corrected chi connectivity index (χ2v) is 10.0. The first-order valence-corrected chi connectivity index (χ1v) is 13.7. The van der Waals surface area contributed by atoms with Crippen molar-refractivity contribution in [3.05, 3.63) is 70.7 Å². The van der Waals surface area contributed by atoms with Crippen LogP contribution in [-0.4, -0.2) is 66.2 Å². The second kappa shape index (κ2) is 15.2. The van der Waals surface area contributed by atoms with E-state index in [0.29, 0.717) is 24.6 Å². The lowest BCUT2D eigenvalue weighted by Crippen LogP contribution is -2.64. The number of halogens is 1. The molecule has 202 valence electrons. The normalized spacial score (nSPS) is 23.4. The van der Waals surface area contributed by atoms with E-state index in [0.717, 1.165) is 11.1 Å². The maximum atomic E-state index is 12.7. The molecule has 2 aromatic rings. The van der Waals surface area contributed by atoms with Crippen LogP contribution >= 0.6 is 23.4 Å². The van der Waals surface area contributed by atoms with Crippen molar-refractivity contribution in [3.8, 4) is 0 Å². The van der Waals surface area contributed by atoms with E-state index in [1.165, 1.54) is 11.8 Å². The summed E-state index contributed by atoms with van der Waals surface area (Å²) in [6.07, 6.45) is 0.228. The van der Waals surface area contributed by atoms with E-state index < -0.39 is 29.8 Å². The van der Waals surface area contributed by atoms with E-state index in [2.05, 4.69) is 10.3 Å². The van der Waals surface area contributed by atoms with Crippen LogP contribution in [0.3, 0.4) is 0 Å². The molecule has 1 saturated heterocycles. The smallest absolute Gasteiger partial charge is 0.220 e. The minimum absolute atomic E-state index is 0.00893. The Kier molecular flexibility index (Phi) is 12.0. The molecular formula is C26H35ClN4O5S. The average molecular weight is 551 g/mol. The monoisotopic (exact) mass is 550 g/mol. The number of ether oxygens (including phenoxy) is 3. The predicted molar refractivity (Wildman–Crippen MR) is 146 cm³/mol. The molecule has 2 aromatic carbocycles. The van der Waals surface area contributed by atoms with Crippen LogP contribution in [0.1, 0.15) is 24.0 Å². The van der Waals surface area contributed by atoms with Crippen molar-refractivity contribution in [3.63, 3.8) is 0 Å². The Bertz CT molecular complexity index is 994. The Morgan fingerprint density at radius 2 is 1.84 bits per heavy atom. The number of carbonyl (C=O) groups is 1. The molecule has 0 saturated carbocycles. The highest BCUT2D eigenvalue weighted by Gasteiger charge is 2.46. The molecule has 9 nitrogen and oxygen atoms in total. The van der Waals surface area contributed by atoms with E-state index in [-0.39, 0.29) is 31.5 Å². The fraction of sp³-hybridized carbons (Fsp3) is 0.462. The standard InChI is InChI=1S/C26H35ClN4O5S/c1-37-25-22(31-21(32)8-5-13-30-26(28)29)24(35-15-17-6-3-2-4-7-17)23(33)20(36-25)16-34-14-18-9-11-19(27)12-10-18/h2-4,6-7,9-12,20,22-25,33H,5,8,13-16H2,1H3,(H,31,32)(H4,28,29,30)/t20-,22-,23-,24-,25?/m1/s1. The van der Waals surface area contributed by atoms with Gasteiger partial charge in [0.15, 0.2) is 5.96 Å². The zero-order valence-corrected chi connectivity index (χ0v) is 22.4. The topological polar surface area (TPSA) is 141 Å². The van der Waals surface area contributed by atoms with Gasteiger partial charge in [0, 0.05) is 18.0 Å². The minimum atomic E-state index is -1.02. The van der Waals surface area contributed by atoms with Crippen LogP contribution in [0.2, 0.25) is 5.02 Å². The second-order valence-electron chi connectivity index (χ2n) is 8.68. The van der Waals surface area contributed by atoms with Crippen molar-refractivity contribution in [1.29, 1.82) is 0 Å². The van der Waals surface area contributed by atoms with Gasteiger partial charge < -0.3 is 36.1 Å². The number of thioether (sulfide) groups is 1. The van der Waals surface area contributed by atoms with Crippen LogP contribution in [0, 0.1) is 0 Å². The number of guanidine groups is 1. The SMILES string of the molecule is CSC1O[C@H](COCc2ccc(Cl)cc2)[C@@H](O)[C@H](OCc2ccccc2)[C@H]1NC(=O)CCCN=C(N)N. The molecule has 0 aliphatic carbocycles. The summed E-state index contributed by atoms with van der Waals surface area (Å²) in [5, 5.41) is 14.9. The van der Waals surface area contributed by atoms with Crippen molar-refractivity contribution >= 4 is 35.2 Å². The molecule has 3 rings (SSSR count). The molecular weight excluding hydrogens is 516 g/mol. The maximum absolute atomic E-state index is 12.7. The van der Waals surface area contributed by atoms with Gasteiger partial charge in [-0.1, -0.05) is 54.1 Å². The molecule has 37 heavy (non-hydrogen) atoms. The Balaban J connectivity index is 1.66. The minimum Gasteiger partial charge on any atom is -0.388 e. The van der Waals surface area contributed by atoms with Gasteiger partial charge in [-0.05, 0) is 35.9 Å². The average Bonchev–Trinajstić information content (AvgIpc) is 2.89. The summed E-state index contributed by atoms with van der Waals surface area (Å²) in [6.45, 7) is 1.13. The van der Waals surface area contributed by atoms with Gasteiger partial charge in [-0.3, -0.25) is 9.79 Å². The first kappa shape index (κ1) is 29.2. The van der Waals surface area contributed by atoms with Crippen LogP contribution in [0.25, 0.3) is 0 Å². The third kappa shape index (κ3) is 9.48. The predicted octanol–water partition coefficient (Wildman–Crippen LogP) is 2.43. The number of hydrogen-bond donors (Lipinski definition) is 4. The van der Waals surface area contributed by atoms with Gasteiger partial charge in [0.2, 0.25) is 5.91 Å². The van der Waals surface area contributed by atoms with Crippen LogP contribution < -0.4 is 16.8 Å². The first-order valence-electron chi connectivity index (χ1n) is 12.1. The lowest BCUT2D eigenvalue weighted by atomic mass is 9.97. The third-order valence-electron chi connectivity index (χ3n) is 5.84. The molecule has 0 aromatic heterocycles. The molecule has 6 N–H and O–H groups in total. The summed E-state index contributed by atoms with van der Waals surface area (Å²) >= 11 is 7.39. The fourth-order valence-electron chi connectivity index (χ4n) is 3.95. The molecule has 1 aliphatic rings. The summed E-state index contributed by atoms with van der Waals surface area (Å²) < 4.78 is 18.2. The summed E-state index contributed by atoms with van der Waals surface area (Å²) in [4.78, 5) is 16.6. The van der Waals surface area contributed by atoms with Crippen LogP contribution in [0.15, 0.2) is 59.6 Å². The summed E-state index contributed by atoms with van der Waals surface area (Å²) in [5.41, 5.74) is 12.2. The molecule has 1 fully saturated rings. The lowest BCUT2D eigenvalue weighted by Gasteiger charge is -2.44. The highest BCUT2D eigenvalue weighted by Crippen LogP contribution is 2.30. The highest BCUT2D eigenvalue weighted by molar-refractivity contribution is 7.99. The summed E-state index contributed by atoms with van der Waals surface area (Å²) in [7, 11) is 0. The number of rotatable bonds is 13. The van der Waals surface area contributed by atoms with Crippen molar-refractivity contribution < 1.29 is 24.1 Å². The van der Waals surface area contributed by atoms with Crippen LogP contribution in [0.4, 0.5) is 0 Å². The number of aliphatic hydroxyl groups is 1. The van der Waals surface area contributed by atoms with Crippen LogP contribution in [0.5, 0.6) is 0 Å². The number of nitrogens with one attached hydrogen (secondary N) is 1. The van der Waals surface area contributed by atoms with Gasteiger partial charge in [0.25, 0.3) is 0 Å². The first-order chi connectivity index (χ1) is 17.9. The Morgan fingerprint density at radius 1 is 1.14 bits per heavy atom. The molecule has 1 amide bonds. The Hall–Kier alpha value is -2.34. The van der Waals surface area contributed by atoms with Crippen molar-refractivity contribution in [2.75, 3.05) is 19.4 Å². The quantitative estimate of drug-likeness (QED) is 0.169. The molecule has 1 unspecified atom stereocenters. The van der Waals surface area contributed by atoms with Gasteiger partial charge in [-0.25, -0.2) is 0 Å². The molecule has 1 heterocycles. The van der Waals surface area contributed by atoms with Crippen molar-refractivity contribution in [2.24, 2.45) is 16.5 Å². The zero-order chi connectivity index (χ0) is 26.6. The molecule has 11 heteroatoms. The molecule has 0 radical (unpaired) electrons. The Morgan fingerprint density at radius 3 is 2.51 bits per heavy atom. The van der Waals surface area contributed by atoms with E-state index in [1.54, 1.807) is 12.1 Å². The van der Waals surface area contributed by atoms with E-state index in [9.17, 15) is 9.90 Å². The number of aliphatic imine (C=N–C) groups is 1. The van der Waals surface area contributed by atoms with Gasteiger partial charge >= 0.3 is 0 Å². The third-order valence-corrected chi connectivity index (χ3v) is 6.96. The van der Waals surface area contributed by atoms with E-state index >= 15 is 0 Å². The Labute approximate surface area is 226 Å². The van der Waals surface area contributed by atoms with E-state index in [4.69, 9.17) is 37.3 Å². The largest absolute Gasteiger partial charge is 0.388 e. The maximum Gasteiger partial charge on any atom is 0.220 e. The summed E-state index contributed by atoms with van der Waals surface area (Å²) in [6, 6.07) is 16.5. The van der Waals surface area contributed by atoms with Gasteiger partial charge in [-0.15, -0.1) is 11.8 Å². The van der Waals surface area contributed by atoms with Gasteiger partial charge in [0.1, 0.15) is 23.7 Å². The van der Waals surface area contributed by atoms with Gasteiger partial charge in [0.05, 0.1) is 25.9 Å². The number of amides is 1. The number of aliphatic hydroxyl groups excluding tert-OH is 1.